The third-order valence-electron chi connectivity index (χ3n) is 7.86. The van der Waals surface area contributed by atoms with Gasteiger partial charge in [0.25, 0.3) is 0 Å². The highest BCUT2D eigenvalue weighted by atomic mass is 15.1. The van der Waals surface area contributed by atoms with Crippen LogP contribution in [0.25, 0.3) is 28.3 Å². The lowest BCUT2D eigenvalue weighted by Gasteiger charge is -2.24. The van der Waals surface area contributed by atoms with Crippen LogP contribution in [-0.2, 0) is 6.42 Å². The van der Waals surface area contributed by atoms with Crippen molar-refractivity contribution in [2.75, 3.05) is 0 Å². The van der Waals surface area contributed by atoms with Gasteiger partial charge in [-0.05, 0) is 83.3 Å². The maximum Gasteiger partial charge on any atom is 0.229 e. The van der Waals surface area contributed by atoms with Gasteiger partial charge in [0.15, 0.2) is 0 Å². The van der Waals surface area contributed by atoms with E-state index in [9.17, 15) is 0 Å². The second-order valence-electron chi connectivity index (χ2n) is 10.8. The number of hydrogen-bond acceptors (Lipinski definition) is 0. The third-order valence-corrected chi connectivity index (χ3v) is 7.86. The molecule has 0 fully saturated rings. The first-order valence-corrected chi connectivity index (χ1v) is 13.6. The normalized spacial score (nSPS) is 13.3. The first-order valence-electron chi connectivity index (χ1n) is 13.6. The highest BCUT2D eigenvalue weighted by molar-refractivity contribution is 6.23. The maximum atomic E-state index is 3.92. The van der Waals surface area contributed by atoms with Crippen molar-refractivity contribution >= 4 is 23.2 Å². The second kappa shape index (κ2) is 9.58. The van der Waals surface area contributed by atoms with Crippen LogP contribution in [0.15, 0.2) is 115 Å². The second-order valence-corrected chi connectivity index (χ2v) is 10.8. The van der Waals surface area contributed by atoms with E-state index in [0.29, 0.717) is 5.92 Å². The molecule has 1 nitrogen and oxygen atoms in total. The van der Waals surface area contributed by atoms with Crippen LogP contribution < -0.4 is 4.58 Å². The van der Waals surface area contributed by atoms with Gasteiger partial charge in [-0.3, -0.25) is 0 Å². The summed E-state index contributed by atoms with van der Waals surface area (Å²) >= 11 is 0. The summed E-state index contributed by atoms with van der Waals surface area (Å²) in [5.41, 5.74) is 17.3. The average Bonchev–Trinajstić information content (AvgIpc) is 3.29. The van der Waals surface area contributed by atoms with Crippen molar-refractivity contribution in [1.82, 2.24) is 4.58 Å². The quantitative estimate of drug-likeness (QED) is 0.164. The largest absolute Gasteiger partial charge is 0.229 e. The number of benzene rings is 4. The fourth-order valence-electron chi connectivity index (χ4n) is 6.31. The Morgan fingerprint density at radius 2 is 1.47 bits per heavy atom. The van der Waals surface area contributed by atoms with Crippen LogP contribution in [0.2, 0.25) is 0 Å². The Balaban J connectivity index is 1.45. The van der Waals surface area contributed by atoms with Crippen LogP contribution in [-0.4, -0.2) is 5.71 Å². The van der Waals surface area contributed by atoms with Gasteiger partial charge in [-0.25, -0.2) is 0 Å². The molecule has 0 aromatic heterocycles. The summed E-state index contributed by atoms with van der Waals surface area (Å²) in [6.07, 6.45) is 7.12. The van der Waals surface area contributed by atoms with Gasteiger partial charge in [0, 0.05) is 23.8 Å². The third kappa shape index (κ3) is 3.82. The van der Waals surface area contributed by atoms with Crippen molar-refractivity contribution in [2.45, 2.75) is 34.1 Å². The van der Waals surface area contributed by atoms with Crippen LogP contribution in [0.3, 0.4) is 0 Å². The summed E-state index contributed by atoms with van der Waals surface area (Å²) < 4.78 is 2.43. The predicted octanol–water partition coefficient (Wildman–Crippen LogP) is 9.75. The molecule has 1 heterocycles. The molecule has 0 unspecified atom stereocenters. The lowest BCUT2D eigenvalue weighted by Crippen LogP contribution is -2.32. The van der Waals surface area contributed by atoms with Gasteiger partial charge in [0.05, 0.1) is 0 Å². The van der Waals surface area contributed by atoms with Crippen molar-refractivity contribution < 1.29 is 0 Å². The van der Waals surface area contributed by atoms with Gasteiger partial charge in [-0.15, -0.1) is 0 Å². The van der Waals surface area contributed by atoms with Gasteiger partial charge in [-0.2, -0.15) is 4.58 Å². The lowest BCUT2D eigenvalue weighted by molar-refractivity contribution is 0.782. The number of hydrogen-bond donors (Lipinski definition) is 0. The van der Waals surface area contributed by atoms with Gasteiger partial charge < -0.3 is 0 Å². The maximum absolute atomic E-state index is 3.92. The van der Waals surface area contributed by atoms with E-state index in [4.69, 9.17) is 0 Å². The average molecular weight is 493 g/mol. The summed E-state index contributed by atoms with van der Waals surface area (Å²) in [6.45, 7) is 13.0. The van der Waals surface area contributed by atoms with E-state index in [1.165, 1.54) is 72.7 Å². The van der Waals surface area contributed by atoms with Crippen LogP contribution in [0.1, 0.15) is 49.9 Å². The first kappa shape index (κ1) is 24.1. The molecule has 38 heavy (non-hydrogen) atoms. The molecule has 1 heteroatoms. The molecule has 2 aliphatic rings. The number of allylic oxidation sites excluding steroid dienone is 4. The Bertz CT molecular complexity index is 1670. The molecule has 0 spiro atoms. The van der Waals surface area contributed by atoms with Crippen molar-refractivity contribution in [3.63, 3.8) is 0 Å². The summed E-state index contributed by atoms with van der Waals surface area (Å²) in [7, 11) is 0. The minimum absolute atomic E-state index is 0.458. The highest BCUT2D eigenvalue weighted by Gasteiger charge is 2.40. The van der Waals surface area contributed by atoms with E-state index in [1.54, 1.807) is 0 Å². The number of fused-ring (bicyclic) bond motifs is 4. The Labute approximate surface area is 226 Å². The minimum Gasteiger partial charge on any atom is -0.152 e. The molecule has 4 aromatic rings. The van der Waals surface area contributed by atoms with Crippen LogP contribution in [0.4, 0.5) is 11.4 Å². The fraction of sp³-hybridized carbons (Fsp3) is 0.162. The van der Waals surface area contributed by atoms with Crippen LogP contribution in [0.5, 0.6) is 0 Å². The molecule has 1 aliphatic carbocycles. The zero-order chi connectivity index (χ0) is 26.4. The van der Waals surface area contributed by atoms with Gasteiger partial charge in [0.2, 0.25) is 17.1 Å². The SMILES string of the molecule is C=C/C=C\c1c(-c2ccc([N+]3=C(C(=C(C)C)C(C)C)c4ccccc43)cc2)ccc2c1Cc1ccccc1-2. The molecule has 1 aliphatic heterocycles. The van der Waals surface area contributed by atoms with Crippen molar-refractivity contribution in [2.24, 2.45) is 5.92 Å². The molecule has 0 radical (unpaired) electrons. The summed E-state index contributed by atoms with van der Waals surface area (Å²) in [4.78, 5) is 0. The molecule has 0 bridgehead atoms. The van der Waals surface area contributed by atoms with Gasteiger partial charge in [-0.1, -0.05) is 92.8 Å². The standard InChI is InChI=1S/C37H34N/c1-6-7-13-31-30(21-22-32-29-14-9-8-12-27(29)23-34(31)32)26-17-19-28(20-18-26)38-35-16-11-10-15-33(35)37(38)36(24(2)3)25(4)5/h6-22,24H,1,23H2,2-5H3/q+1/b13-7-. The Morgan fingerprint density at radius 3 is 2.18 bits per heavy atom. The van der Waals surface area contributed by atoms with E-state index in [2.05, 4.69) is 136 Å². The minimum atomic E-state index is 0.458. The van der Waals surface area contributed by atoms with E-state index < -0.39 is 0 Å². The molecule has 186 valence electrons. The first-order chi connectivity index (χ1) is 18.5. The monoisotopic (exact) mass is 492 g/mol. The summed E-state index contributed by atoms with van der Waals surface area (Å²) in [5.74, 6) is 0.458. The van der Waals surface area contributed by atoms with Crippen molar-refractivity contribution in [1.29, 1.82) is 0 Å². The lowest BCUT2D eigenvalue weighted by atomic mass is 9.85. The Hall–Kier alpha value is -4.23. The van der Waals surface area contributed by atoms with E-state index >= 15 is 0 Å². The molecule has 0 N–H and O–H groups in total. The molecule has 0 amide bonds. The number of para-hydroxylation sites is 1. The summed E-state index contributed by atoms with van der Waals surface area (Å²) in [6, 6.07) is 31.2. The molecular formula is C37H34N+. The zero-order valence-electron chi connectivity index (χ0n) is 22.8. The molecule has 0 saturated heterocycles. The number of nitrogens with zero attached hydrogens (tertiary/aromatic N) is 1. The molecule has 0 saturated carbocycles. The fourth-order valence-corrected chi connectivity index (χ4v) is 6.31. The molecule has 6 rings (SSSR count). The van der Waals surface area contributed by atoms with E-state index in [-0.39, 0.29) is 0 Å². The number of rotatable bonds is 6. The van der Waals surface area contributed by atoms with Crippen LogP contribution >= 0.6 is 0 Å². The highest BCUT2D eigenvalue weighted by Crippen LogP contribution is 2.43. The van der Waals surface area contributed by atoms with Gasteiger partial charge in [0.1, 0.15) is 5.56 Å². The van der Waals surface area contributed by atoms with Crippen molar-refractivity contribution in [3.8, 4) is 22.3 Å². The van der Waals surface area contributed by atoms with Crippen LogP contribution in [0, 0.1) is 5.92 Å². The zero-order valence-corrected chi connectivity index (χ0v) is 22.8. The van der Waals surface area contributed by atoms with Crippen molar-refractivity contribution in [3.05, 3.63) is 137 Å². The Kier molecular flexibility index (Phi) is 6.08. The molecular weight excluding hydrogens is 458 g/mol. The molecule has 0 atom stereocenters. The Morgan fingerprint density at radius 1 is 0.789 bits per heavy atom. The summed E-state index contributed by atoms with van der Waals surface area (Å²) in [5, 5.41) is 0. The van der Waals surface area contributed by atoms with E-state index in [0.717, 1.165) is 6.42 Å². The predicted molar refractivity (Wildman–Crippen MR) is 165 cm³/mol. The van der Waals surface area contributed by atoms with Gasteiger partial charge >= 0.3 is 0 Å². The smallest absolute Gasteiger partial charge is 0.152 e. The van der Waals surface area contributed by atoms with E-state index in [1.807, 2.05) is 6.08 Å². The topological polar surface area (TPSA) is 3.01 Å². The molecule has 4 aromatic carbocycles.